The van der Waals surface area contributed by atoms with E-state index < -0.39 is 0 Å². The van der Waals surface area contributed by atoms with Crippen LogP contribution in [0.3, 0.4) is 0 Å². The second-order valence-corrected chi connectivity index (χ2v) is 4.16. The van der Waals surface area contributed by atoms with Crippen LogP contribution in [-0.2, 0) is 11.2 Å². The summed E-state index contributed by atoms with van der Waals surface area (Å²) in [5.74, 6) is 0. The fourth-order valence-electron chi connectivity index (χ4n) is 2.03. The lowest BCUT2D eigenvalue weighted by Gasteiger charge is -2.15. The molecule has 17 heavy (non-hydrogen) atoms. The average molecular weight is 226 g/mol. The van der Waals surface area contributed by atoms with Gasteiger partial charge in [-0.25, -0.2) is 0 Å². The Morgan fingerprint density at radius 2 is 1.47 bits per heavy atom. The number of methoxy groups -OCH3 is 1. The van der Waals surface area contributed by atoms with E-state index in [-0.39, 0.29) is 6.10 Å². The molecule has 1 nitrogen and oxygen atoms in total. The lowest BCUT2D eigenvalue weighted by molar-refractivity contribution is 0.0959. The van der Waals surface area contributed by atoms with Gasteiger partial charge in [0.25, 0.3) is 0 Å². The van der Waals surface area contributed by atoms with Gasteiger partial charge in [-0.2, -0.15) is 0 Å². The highest BCUT2D eigenvalue weighted by Crippen LogP contribution is 2.22. The van der Waals surface area contributed by atoms with Crippen molar-refractivity contribution in [3.8, 4) is 0 Å². The normalized spacial score (nSPS) is 12.3. The number of rotatable bonds is 5. The fourth-order valence-corrected chi connectivity index (χ4v) is 2.03. The molecule has 0 N–H and O–H groups in total. The average Bonchev–Trinajstić information content (AvgIpc) is 2.42. The molecule has 0 amide bonds. The van der Waals surface area contributed by atoms with Gasteiger partial charge >= 0.3 is 0 Å². The van der Waals surface area contributed by atoms with E-state index in [1.807, 2.05) is 6.07 Å². The van der Waals surface area contributed by atoms with Crippen molar-refractivity contribution in [2.75, 3.05) is 7.11 Å². The molecule has 0 aromatic heterocycles. The summed E-state index contributed by atoms with van der Waals surface area (Å²) in [5, 5.41) is 0. The van der Waals surface area contributed by atoms with Gasteiger partial charge in [-0.1, -0.05) is 60.7 Å². The number of ether oxygens (including phenoxy) is 1. The monoisotopic (exact) mass is 226 g/mol. The first kappa shape index (κ1) is 11.9. The van der Waals surface area contributed by atoms with E-state index in [0.717, 1.165) is 12.8 Å². The number of benzene rings is 2. The van der Waals surface area contributed by atoms with E-state index in [0.29, 0.717) is 0 Å². The number of hydrogen-bond donors (Lipinski definition) is 0. The molecule has 2 aromatic carbocycles. The van der Waals surface area contributed by atoms with Crippen molar-refractivity contribution >= 4 is 0 Å². The molecule has 0 aliphatic rings. The SMILES string of the molecule is COC(CCc1ccccc1)c1ccccc1. The van der Waals surface area contributed by atoms with Crippen LogP contribution in [0.25, 0.3) is 0 Å². The van der Waals surface area contributed by atoms with Gasteiger partial charge in [-0.05, 0) is 24.0 Å². The Morgan fingerprint density at radius 3 is 2.06 bits per heavy atom. The zero-order valence-electron chi connectivity index (χ0n) is 10.2. The summed E-state index contributed by atoms with van der Waals surface area (Å²) in [6.07, 6.45) is 2.26. The van der Waals surface area contributed by atoms with Crippen molar-refractivity contribution in [3.63, 3.8) is 0 Å². The van der Waals surface area contributed by atoms with E-state index in [1.54, 1.807) is 7.11 Å². The zero-order valence-corrected chi connectivity index (χ0v) is 10.2. The summed E-state index contributed by atoms with van der Waals surface area (Å²) < 4.78 is 5.56. The quantitative estimate of drug-likeness (QED) is 0.748. The molecule has 0 fully saturated rings. The predicted molar refractivity (Wildman–Crippen MR) is 71.0 cm³/mol. The van der Waals surface area contributed by atoms with Crippen LogP contribution in [0.15, 0.2) is 60.7 Å². The Labute approximate surface area is 103 Å². The molecule has 1 unspecified atom stereocenters. The minimum Gasteiger partial charge on any atom is -0.377 e. The van der Waals surface area contributed by atoms with E-state index in [2.05, 4.69) is 54.6 Å². The van der Waals surface area contributed by atoms with Crippen molar-refractivity contribution in [3.05, 3.63) is 71.8 Å². The largest absolute Gasteiger partial charge is 0.377 e. The standard InChI is InChI=1S/C16H18O/c1-17-16(15-10-6-3-7-11-15)13-12-14-8-4-2-5-9-14/h2-11,16H,12-13H2,1H3. The highest BCUT2D eigenvalue weighted by atomic mass is 16.5. The van der Waals surface area contributed by atoms with Crippen molar-refractivity contribution in [2.24, 2.45) is 0 Å². The summed E-state index contributed by atoms with van der Waals surface area (Å²) in [6, 6.07) is 20.9. The van der Waals surface area contributed by atoms with Gasteiger partial charge in [0.15, 0.2) is 0 Å². The Hall–Kier alpha value is -1.60. The van der Waals surface area contributed by atoms with Gasteiger partial charge in [-0.3, -0.25) is 0 Å². The molecule has 0 heterocycles. The van der Waals surface area contributed by atoms with Crippen LogP contribution in [-0.4, -0.2) is 7.11 Å². The Kier molecular flexibility index (Phi) is 4.34. The van der Waals surface area contributed by atoms with Gasteiger partial charge < -0.3 is 4.74 Å². The van der Waals surface area contributed by atoms with Crippen molar-refractivity contribution < 1.29 is 4.74 Å². The van der Waals surface area contributed by atoms with Crippen LogP contribution in [0, 0.1) is 0 Å². The molecular formula is C16H18O. The molecule has 1 atom stereocenters. The Balaban J connectivity index is 1.97. The molecule has 2 aromatic rings. The van der Waals surface area contributed by atoms with Crippen LogP contribution in [0.5, 0.6) is 0 Å². The first-order valence-electron chi connectivity index (χ1n) is 6.02. The molecule has 88 valence electrons. The van der Waals surface area contributed by atoms with Crippen molar-refractivity contribution in [1.29, 1.82) is 0 Å². The van der Waals surface area contributed by atoms with Gasteiger partial charge in [0.1, 0.15) is 0 Å². The van der Waals surface area contributed by atoms with Gasteiger partial charge in [0.05, 0.1) is 6.10 Å². The van der Waals surface area contributed by atoms with Crippen LogP contribution >= 0.6 is 0 Å². The highest BCUT2D eigenvalue weighted by molar-refractivity contribution is 5.19. The summed E-state index contributed by atoms with van der Waals surface area (Å²) in [6.45, 7) is 0. The highest BCUT2D eigenvalue weighted by Gasteiger charge is 2.09. The number of hydrogen-bond acceptors (Lipinski definition) is 1. The smallest absolute Gasteiger partial charge is 0.0824 e. The molecule has 0 saturated carbocycles. The van der Waals surface area contributed by atoms with Crippen LogP contribution in [0.1, 0.15) is 23.7 Å². The minimum atomic E-state index is 0.191. The Bertz CT molecular complexity index is 422. The third-order valence-corrected chi connectivity index (χ3v) is 2.99. The summed E-state index contributed by atoms with van der Waals surface area (Å²) in [4.78, 5) is 0. The van der Waals surface area contributed by atoms with Gasteiger partial charge in [0.2, 0.25) is 0 Å². The molecule has 0 spiro atoms. The first-order chi connectivity index (χ1) is 8.40. The molecule has 0 aliphatic heterocycles. The second-order valence-electron chi connectivity index (χ2n) is 4.16. The molecule has 2 rings (SSSR count). The molecule has 1 heteroatoms. The van der Waals surface area contributed by atoms with Crippen molar-refractivity contribution in [1.82, 2.24) is 0 Å². The summed E-state index contributed by atoms with van der Waals surface area (Å²) >= 11 is 0. The molecule has 0 radical (unpaired) electrons. The van der Waals surface area contributed by atoms with Gasteiger partial charge in [-0.15, -0.1) is 0 Å². The lowest BCUT2D eigenvalue weighted by Crippen LogP contribution is -2.03. The number of aryl methyl sites for hydroxylation is 1. The van der Waals surface area contributed by atoms with Gasteiger partial charge in [0, 0.05) is 7.11 Å². The van der Waals surface area contributed by atoms with Crippen LogP contribution in [0.4, 0.5) is 0 Å². The molecular weight excluding hydrogens is 208 g/mol. The zero-order chi connectivity index (χ0) is 11.9. The van der Waals surface area contributed by atoms with Crippen LogP contribution < -0.4 is 0 Å². The molecule has 0 bridgehead atoms. The van der Waals surface area contributed by atoms with E-state index in [9.17, 15) is 0 Å². The predicted octanol–water partition coefficient (Wildman–Crippen LogP) is 4.01. The first-order valence-corrected chi connectivity index (χ1v) is 6.02. The fraction of sp³-hybridized carbons (Fsp3) is 0.250. The topological polar surface area (TPSA) is 9.23 Å². The van der Waals surface area contributed by atoms with E-state index in [4.69, 9.17) is 4.74 Å². The minimum absolute atomic E-state index is 0.191. The van der Waals surface area contributed by atoms with E-state index >= 15 is 0 Å². The third-order valence-electron chi connectivity index (χ3n) is 2.99. The third kappa shape index (κ3) is 3.43. The maximum absolute atomic E-state index is 5.56. The molecule has 0 aliphatic carbocycles. The molecule has 0 saturated heterocycles. The lowest BCUT2D eigenvalue weighted by atomic mass is 10.0. The maximum atomic E-state index is 5.56. The van der Waals surface area contributed by atoms with Crippen LogP contribution in [0.2, 0.25) is 0 Å². The summed E-state index contributed by atoms with van der Waals surface area (Å²) in [5.41, 5.74) is 2.62. The Morgan fingerprint density at radius 1 is 0.882 bits per heavy atom. The maximum Gasteiger partial charge on any atom is 0.0824 e. The van der Waals surface area contributed by atoms with E-state index in [1.165, 1.54) is 11.1 Å². The summed E-state index contributed by atoms with van der Waals surface area (Å²) in [7, 11) is 1.78. The van der Waals surface area contributed by atoms with Crippen molar-refractivity contribution in [2.45, 2.75) is 18.9 Å². The second kappa shape index (κ2) is 6.21.